The molecule has 2 saturated heterocycles. The molecule has 10 heteroatoms. The fourth-order valence-electron chi connectivity index (χ4n) is 3.50. The summed E-state index contributed by atoms with van der Waals surface area (Å²) in [6.07, 6.45) is 2.91. The van der Waals surface area contributed by atoms with Gasteiger partial charge < -0.3 is 34.6 Å². The summed E-state index contributed by atoms with van der Waals surface area (Å²) < 4.78 is 16.3. The lowest BCUT2D eigenvalue weighted by Gasteiger charge is -2.37. The molecule has 2 fully saturated rings. The van der Waals surface area contributed by atoms with Crippen molar-refractivity contribution >= 4 is 18.0 Å². The van der Waals surface area contributed by atoms with Crippen molar-refractivity contribution in [3.63, 3.8) is 0 Å². The van der Waals surface area contributed by atoms with Gasteiger partial charge in [-0.15, -0.1) is 0 Å². The van der Waals surface area contributed by atoms with Crippen LogP contribution in [0.3, 0.4) is 0 Å². The fourth-order valence-corrected chi connectivity index (χ4v) is 3.50. The molecule has 0 aromatic carbocycles. The van der Waals surface area contributed by atoms with Gasteiger partial charge in [0.1, 0.15) is 6.54 Å². The molecule has 2 rings (SSSR count). The average molecular weight is 428 g/mol. The van der Waals surface area contributed by atoms with Crippen molar-refractivity contribution in [3.05, 3.63) is 0 Å². The molecular weight excluding hydrogens is 390 g/mol. The van der Waals surface area contributed by atoms with Crippen LogP contribution in [0.5, 0.6) is 0 Å². The number of methoxy groups -OCH3 is 1. The summed E-state index contributed by atoms with van der Waals surface area (Å²) >= 11 is 0. The Hall–Kier alpha value is -2.07. The topological polar surface area (TPSA) is 105 Å². The monoisotopic (exact) mass is 427 g/mol. The van der Waals surface area contributed by atoms with Gasteiger partial charge in [-0.3, -0.25) is 4.79 Å². The first kappa shape index (κ1) is 24.2. The van der Waals surface area contributed by atoms with Gasteiger partial charge in [0.25, 0.3) is 0 Å². The average Bonchev–Trinajstić information content (AvgIpc) is 2.76. The fraction of sp³-hybridized carbons (Fsp3) is 0.850. The maximum Gasteiger partial charge on any atom is 0.409 e. The Bertz CT molecular complexity index is 584. The molecule has 0 bridgehead atoms. The smallest absolute Gasteiger partial charge is 0.409 e. The minimum absolute atomic E-state index is 0.0626. The first-order valence-electron chi connectivity index (χ1n) is 10.7. The molecule has 2 N–H and O–H groups in total. The second-order valence-electron chi connectivity index (χ2n) is 7.91. The lowest BCUT2D eigenvalue weighted by atomic mass is 9.94. The number of nitrogens with zero attached hydrogens (tertiary/aromatic N) is 3. The summed E-state index contributed by atoms with van der Waals surface area (Å²) in [7, 11) is 5.15. The Morgan fingerprint density at radius 3 is 2.47 bits per heavy atom. The van der Waals surface area contributed by atoms with Crippen LogP contribution in [0, 0.1) is 0 Å². The molecule has 0 aliphatic carbocycles. The van der Waals surface area contributed by atoms with E-state index in [1.165, 1.54) is 4.90 Å². The van der Waals surface area contributed by atoms with Crippen LogP contribution in [-0.2, 0) is 19.0 Å². The van der Waals surface area contributed by atoms with Gasteiger partial charge in [0.2, 0.25) is 5.91 Å². The highest BCUT2D eigenvalue weighted by Crippen LogP contribution is 2.23. The van der Waals surface area contributed by atoms with Gasteiger partial charge in [-0.1, -0.05) is 0 Å². The molecule has 0 aromatic heterocycles. The first-order valence-corrected chi connectivity index (χ1v) is 10.7. The van der Waals surface area contributed by atoms with Crippen molar-refractivity contribution in [1.82, 2.24) is 20.4 Å². The molecule has 2 amide bonds. The number of aliphatic imine (C=N–C) groups is 1. The third-order valence-electron chi connectivity index (χ3n) is 5.65. The van der Waals surface area contributed by atoms with Gasteiger partial charge in [-0.05, 0) is 19.8 Å². The Labute approximate surface area is 179 Å². The summed E-state index contributed by atoms with van der Waals surface area (Å²) in [5.74, 6) is 0.517. The van der Waals surface area contributed by atoms with Gasteiger partial charge in [-0.2, -0.15) is 0 Å². The van der Waals surface area contributed by atoms with E-state index in [1.807, 2.05) is 0 Å². The van der Waals surface area contributed by atoms with E-state index >= 15 is 0 Å². The SMILES string of the molecule is CCOC(=O)N1CCC(NC(=NCC(=O)N(C)C)NCC2(OC)CCOCC2)CC1. The Morgan fingerprint density at radius 1 is 1.23 bits per heavy atom. The predicted octanol–water partition coefficient (Wildman–Crippen LogP) is 0.426. The third-order valence-corrected chi connectivity index (χ3v) is 5.65. The van der Waals surface area contributed by atoms with Crippen molar-refractivity contribution in [2.75, 3.05) is 67.2 Å². The number of amides is 2. The maximum atomic E-state index is 12.0. The highest BCUT2D eigenvalue weighted by molar-refractivity contribution is 5.85. The number of likely N-dealkylation sites (N-methyl/N-ethyl adjacent to an activating group) is 1. The summed E-state index contributed by atoms with van der Waals surface area (Å²) in [5.41, 5.74) is -0.306. The molecule has 2 heterocycles. The van der Waals surface area contributed by atoms with Gasteiger partial charge in [0, 0.05) is 72.9 Å². The number of carbonyl (C=O) groups excluding carboxylic acids is 2. The Kier molecular flexibility index (Phi) is 9.64. The maximum absolute atomic E-state index is 12.0. The third kappa shape index (κ3) is 7.32. The second-order valence-corrected chi connectivity index (χ2v) is 7.91. The minimum atomic E-state index is -0.306. The number of likely N-dealkylation sites (tertiary alicyclic amines) is 1. The number of carbonyl (C=O) groups is 2. The van der Waals surface area contributed by atoms with Crippen LogP contribution < -0.4 is 10.6 Å². The van der Waals surface area contributed by atoms with E-state index in [1.54, 1.807) is 33.0 Å². The van der Waals surface area contributed by atoms with Crippen LogP contribution in [0.25, 0.3) is 0 Å². The molecule has 0 spiro atoms. The van der Waals surface area contributed by atoms with E-state index < -0.39 is 0 Å². The normalized spacial score (nSPS) is 19.9. The highest BCUT2D eigenvalue weighted by atomic mass is 16.6. The Morgan fingerprint density at radius 2 is 1.90 bits per heavy atom. The molecule has 0 unspecified atom stereocenters. The van der Waals surface area contributed by atoms with Crippen LogP contribution in [0.4, 0.5) is 4.79 Å². The van der Waals surface area contributed by atoms with Crippen LogP contribution in [-0.4, -0.2) is 107 Å². The number of guanidine groups is 1. The molecule has 2 aliphatic rings. The lowest BCUT2D eigenvalue weighted by Crippen LogP contribution is -2.54. The molecule has 30 heavy (non-hydrogen) atoms. The first-order chi connectivity index (χ1) is 14.4. The quantitative estimate of drug-likeness (QED) is 0.448. The van der Waals surface area contributed by atoms with Crippen LogP contribution in [0.15, 0.2) is 4.99 Å². The number of hydrogen-bond acceptors (Lipinski definition) is 6. The van der Waals surface area contributed by atoms with E-state index in [4.69, 9.17) is 14.2 Å². The standard InChI is InChI=1S/C20H37N5O5/c1-5-30-19(27)25-10-6-16(7-11-25)23-18(21-14-17(26)24(2)3)22-15-20(28-4)8-12-29-13-9-20/h16H,5-15H2,1-4H3,(H2,21,22,23). The van der Waals surface area contributed by atoms with E-state index in [9.17, 15) is 9.59 Å². The van der Waals surface area contributed by atoms with E-state index in [-0.39, 0.29) is 30.2 Å². The summed E-state index contributed by atoms with van der Waals surface area (Å²) in [6.45, 7) is 5.41. The molecule has 0 aromatic rings. The van der Waals surface area contributed by atoms with Crippen molar-refractivity contribution in [2.24, 2.45) is 4.99 Å². The number of hydrogen-bond donors (Lipinski definition) is 2. The molecule has 10 nitrogen and oxygen atoms in total. The van der Waals surface area contributed by atoms with E-state index in [0.717, 1.165) is 25.7 Å². The van der Waals surface area contributed by atoms with Gasteiger partial charge in [-0.25, -0.2) is 9.79 Å². The van der Waals surface area contributed by atoms with Crippen LogP contribution in [0.1, 0.15) is 32.6 Å². The van der Waals surface area contributed by atoms with Crippen molar-refractivity contribution in [2.45, 2.75) is 44.2 Å². The molecular formula is C20H37N5O5. The zero-order valence-corrected chi connectivity index (χ0v) is 18.7. The summed E-state index contributed by atoms with van der Waals surface area (Å²) in [6, 6.07) is 0.157. The van der Waals surface area contributed by atoms with E-state index in [0.29, 0.717) is 45.4 Å². The Balaban J connectivity index is 1.95. The zero-order chi connectivity index (χ0) is 22.0. The number of ether oxygens (including phenoxy) is 3. The largest absolute Gasteiger partial charge is 0.450 e. The van der Waals surface area contributed by atoms with Gasteiger partial charge in [0.05, 0.1) is 12.2 Å². The number of nitrogens with one attached hydrogen (secondary N) is 2. The van der Waals surface area contributed by atoms with Crippen LogP contribution in [0.2, 0.25) is 0 Å². The van der Waals surface area contributed by atoms with Crippen molar-refractivity contribution in [3.8, 4) is 0 Å². The van der Waals surface area contributed by atoms with Gasteiger partial charge >= 0.3 is 6.09 Å². The van der Waals surface area contributed by atoms with Gasteiger partial charge in [0.15, 0.2) is 5.96 Å². The molecule has 2 aliphatic heterocycles. The van der Waals surface area contributed by atoms with Crippen molar-refractivity contribution < 1.29 is 23.8 Å². The highest BCUT2D eigenvalue weighted by Gasteiger charge is 2.33. The lowest BCUT2D eigenvalue weighted by molar-refractivity contribution is -0.127. The van der Waals surface area contributed by atoms with Crippen LogP contribution >= 0.6 is 0 Å². The number of rotatable bonds is 7. The molecule has 172 valence electrons. The predicted molar refractivity (Wildman–Crippen MR) is 114 cm³/mol. The second kappa shape index (κ2) is 11.9. The summed E-state index contributed by atoms with van der Waals surface area (Å²) in [4.78, 5) is 31.6. The molecule has 0 atom stereocenters. The molecule has 0 saturated carbocycles. The number of piperidine rings is 1. The zero-order valence-electron chi connectivity index (χ0n) is 18.7. The summed E-state index contributed by atoms with van der Waals surface area (Å²) in [5, 5.41) is 6.78. The van der Waals surface area contributed by atoms with E-state index in [2.05, 4.69) is 15.6 Å². The molecule has 0 radical (unpaired) electrons. The van der Waals surface area contributed by atoms with Crippen molar-refractivity contribution in [1.29, 1.82) is 0 Å². The minimum Gasteiger partial charge on any atom is -0.450 e.